The van der Waals surface area contributed by atoms with E-state index in [2.05, 4.69) is 15.6 Å². The number of benzene rings is 1. The monoisotopic (exact) mass is 384 g/mol. The fourth-order valence-electron chi connectivity index (χ4n) is 3.70. The van der Waals surface area contributed by atoms with Crippen LogP contribution in [0.1, 0.15) is 48.2 Å². The molecule has 0 radical (unpaired) electrons. The van der Waals surface area contributed by atoms with Crippen LogP contribution in [0.2, 0.25) is 0 Å². The van der Waals surface area contributed by atoms with Gasteiger partial charge in [0.05, 0.1) is 0 Å². The Labute approximate surface area is 161 Å². The summed E-state index contributed by atoms with van der Waals surface area (Å²) >= 11 is 0. The van der Waals surface area contributed by atoms with Crippen LogP contribution in [0.3, 0.4) is 0 Å². The van der Waals surface area contributed by atoms with Gasteiger partial charge in [-0.1, -0.05) is 24.3 Å². The molecule has 7 heteroatoms. The fraction of sp³-hybridized carbons (Fsp3) is 0.333. The first-order chi connectivity index (χ1) is 13.6. The first-order valence-electron chi connectivity index (χ1n) is 9.49. The van der Waals surface area contributed by atoms with Gasteiger partial charge in [-0.25, -0.2) is 13.8 Å². The smallest absolute Gasteiger partial charge is 0.281 e. The molecule has 2 N–H and O–H groups in total. The van der Waals surface area contributed by atoms with Gasteiger partial charge >= 0.3 is 0 Å². The molecule has 2 aromatic heterocycles. The van der Waals surface area contributed by atoms with Crippen LogP contribution in [0.15, 0.2) is 54.7 Å². The molecule has 1 saturated carbocycles. The summed E-state index contributed by atoms with van der Waals surface area (Å²) in [6.45, 7) is 0. The Kier molecular flexibility index (Phi) is 5.23. The van der Waals surface area contributed by atoms with Gasteiger partial charge in [0.15, 0.2) is 0 Å². The number of fused-ring (bicyclic) bond motifs is 1. The fourth-order valence-corrected chi connectivity index (χ4v) is 3.70. The Balaban J connectivity index is 1.36. The molecule has 1 aromatic carbocycles. The van der Waals surface area contributed by atoms with Gasteiger partial charge in [0, 0.05) is 23.8 Å². The van der Waals surface area contributed by atoms with E-state index < -0.39 is 6.43 Å². The zero-order chi connectivity index (χ0) is 19.5. The standard InChI is InChI=1S/C21H22F2N4O/c22-20(23)17-13-27-18(7-4-8-19(27)26-17)24-15-9-11-16(12-10-15)25-21(28)14-5-2-1-3-6-14/h1-8,13,15-16,20,24H,9-12H2,(H,25,28)/t15-,16+. The van der Waals surface area contributed by atoms with Crippen LogP contribution in [0.5, 0.6) is 0 Å². The van der Waals surface area contributed by atoms with Crippen molar-refractivity contribution in [2.75, 3.05) is 5.32 Å². The van der Waals surface area contributed by atoms with Crippen LogP contribution in [0.25, 0.3) is 5.65 Å². The average molecular weight is 384 g/mol. The molecule has 1 aliphatic rings. The zero-order valence-electron chi connectivity index (χ0n) is 15.3. The summed E-state index contributed by atoms with van der Waals surface area (Å²) in [5.74, 6) is 0.716. The molecular weight excluding hydrogens is 362 g/mol. The molecule has 0 atom stereocenters. The molecule has 146 valence electrons. The van der Waals surface area contributed by atoms with Gasteiger partial charge in [-0.3, -0.25) is 9.20 Å². The number of nitrogens with zero attached hydrogens (tertiary/aromatic N) is 2. The maximum absolute atomic E-state index is 12.9. The predicted octanol–water partition coefficient (Wildman–Crippen LogP) is 4.43. The van der Waals surface area contributed by atoms with Gasteiger partial charge in [0.1, 0.15) is 17.2 Å². The first kappa shape index (κ1) is 18.4. The Morgan fingerprint density at radius 2 is 1.71 bits per heavy atom. The number of amides is 1. The third-order valence-electron chi connectivity index (χ3n) is 5.18. The number of rotatable bonds is 5. The summed E-state index contributed by atoms with van der Waals surface area (Å²) < 4.78 is 27.5. The highest BCUT2D eigenvalue weighted by atomic mass is 19.3. The van der Waals surface area contributed by atoms with E-state index >= 15 is 0 Å². The molecule has 0 saturated heterocycles. The molecule has 0 spiro atoms. The number of anilines is 1. The van der Waals surface area contributed by atoms with Crippen molar-refractivity contribution in [3.05, 3.63) is 66.0 Å². The number of hydrogen-bond acceptors (Lipinski definition) is 3. The SMILES string of the molecule is O=C(N[C@H]1CC[C@@H](Nc2cccc3nc(C(F)F)cn23)CC1)c1ccccc1. The predicted molar refractivity (Wildman–Crippen MR) is 104 cm³/mol. The molecular formula is C21H22F2N4O. The molecule has 1 aliphatic carbocycles. The van der Waals surface area contributed by atoms with E-state index in [4.69, 9.17) is 0 Å². The lowest BCUT2D eigenvalue weighted by Crippen LogP contribution is -2.40. The number of halogens is 2. The number of aromatic nitrogens is 2. The van der Waals surface area contributed by atoms with E-state index in [0.29, 0.717) is 11.2 Å². The van der Waals surface area contributed by atoms with E-state index in [1.807, 2.05) is 42.5 Å². The van der Waals surface area contributed by atoms with Crippen LogP contribution >= 0.6 is 0 Å². The average Bonchev–Trinajstić information content (AvgIpc) is 3.16. The highest BCUT2D eigenvalue weighted by Gasteiger charge is 2.23. The molecule has 28 heavy (non-hydrogen) atoms. The van der Waals surface area contributed by atoms with E-state index in [1.165, 1.54) is 6.20 Å². The number of carbonyl (C=O) groups is 1. The highest BCUT2D eigenvalue weighted by Crippen LogP contribution is 2.25. The third kappa shape index (κ3) is 3.98. The summed E-state index contributed by atoms with van der Waals surface area (Å²) in [6, 6.07) is 15.0. The molecule has 1 amide bonds. The van der Waals surface area contributed by atoms with Crippen LogP contribution in [-0.4, -0.2) is 27.4 Å². The minimum Gasteiger partial charge on any atom is -0.368 e. The summed E-state index contributed by atoms with van der Waals surface area (Å²) in [6.07, 6.45) is 2.33. The van der Waals surface area contributed by atoms with E-state index in [9.17, 15) is 13.6 Å². The number of alkyl halides is 2. The normalized spacial score (nSPS) is 19.7. The lowest BCUT2D eigenvalue weighted by Gasteiger charge is -2.30. The minimum atomic E-state index is -2.59. The number of carbonyl (C=O) groups excluding carboxylic acids is 1. The van der Waals surface area contributed by atoms with Crippen molar-refractivity contribution >= 4 is 17.4 Å². The molecule has 4 rings (SSSR count). The largest absolute Gasteiger partial charge is 0.368 e. The van der Waals surface area contributed by atoms with Gasteiger partial charge in [0.2, 0.25) is 0 Å². The molecule has 5 nitrogen and oxygen atoms in total. The van der Waals surface area contributed by atoms with Crippen LogP contribution in [-0.2, 0) is 0 Å². The Bertz CT molecular complexity index is 949. The van der Waals surface area contributed by atoms with Crippen molar-refractivity contribution in [2.24, 2.45) is 0 Å². The first-order valence-corrected chi connectivity index (χ1v) is 9.49. The minimum absolute atomic E-state index is 0.0419. The van der Waals surface area contributed by atoms with E-state index in [1.54, 1.807) is 10.5 Å². The van der Waals surface area contributed by atoms with Crippen molar-refractivity contribution in [1.29, 1.82) is 0 Å². The zero-order valence-corrected chi connectivity index (χ0v) is 15.3. The number of imidazole rings is 1. The summed E-state index contributed by atoms with van der Waals surface area (Å²) in [5.41, 5.74) is 0.954. The van der Waals surface area contributed by atoms with Gasteiger partial charge < -0.3 is 10.6 Å². The summed E-state index contributed by atoms with van der Waals surface area (Å²) in [5, 5.41) is 6.55. The number of nitrogens with one attached hydrogen (secondary N) is 2. The Morgan fingerprint density at radius 1 is 1.00 bits per heavy atom. The van der Waals surface area contributed by atoms with Gasteiger partial charge in [-0.05, 0) is 49.9 Å². The summed E-state index contributed by atoms with van der Waals surface area (Å²) in [4.78, 5) is 16.3. The molecule has 0 bridgehead atoms. The highest BCUT2D eigenvalue weighted by molar-refractivity contribution is 5.94. The maximum Gasteiger partial charge on any atom is 0.281 e. The molecule has 2 heterocycles. The van der Waals surface area contributed by atoms with E-state index in [-0.39, 0.29) is 23.7 Å². The quantitative estimate of drug-likeness (QED) is 0.684. The Morgan fingerprint density at radius 3 is 2.43 bits per heavy atom. The van der Waals surface area contributed by atoms with Gasteiger partial charge in [-0.2, -0.15) is 0 Å². The lowest BCUT2D eigenvalue weighted by molar-refractivity contribution is 0.0926. The van der Waals surface area contributed by atoms with Crippen molar-refractivity contribution in [3.63, 3.8) is 0 Å². The lowest BCUT2D eigenvalue weighted by atomic mass is 9.91. The number of hydrogen-bond donors (Lipinski definition) is 2. The van der Waals surface area contributed by atoms with Crippen molar-refractivity contribution in [1.82, 2.24) is 14.7 Å². The molecule has 1 fully saturated rings. The second kappa shape index (κ2) is 7.96. The third-order valence-corrected chi connectivity index (χ3v) is 5.18. The molecule has 3 aromatic rings. The van der Waals surface area contributed by atoms with Crippen molar-refractivity contribution < 1.29 is 13.6 Å². The second-order valence-corrected chi connectivity index (χ2v) is 7.14. The van der Waals surface area contributed by atoms with Crippen LogP contribution in [0.4, 0.5) is 14.6 Å². The number of pyridine rings is 1. The molecule has 0 aliphatic heterocycles. The van der Waals surface area contributed by atoms with Gasteiger partial charge in [0.25, 0.3) is 12.3 Å². The van der Waals surface area contributed by atoms with Crippen molar-refractivity contribution in [3.8, 4) is 0 Å². The van der Waals surface area contributed by atoms with Crippen LogP contribution < -0.4 is 10.6 Å². The van der Waals surface area contributed by atoms with Gasteiger partial charge in [-0.15, -0.1) is 0 Å². The Hall–Kier alpha value is -2.96. The second-order valence-electron chi connectivity index (χ2n) is 7.14. The van der Waals surface area contributed by atoms with Crippen LogP contribution in [0, 0.1) is 0 Å². The molecule has 0 unspecified atom stereocenters. The van der Waals surface area contributed by atoms with Crippen molar-refractivity contribution in [2.45, 2.75) is 44.2 Å². The summed E-state index contributed by atoms with van der Waals surface area (Å²) in [7, 11) is 0. The van der Waals surface area contributed by atoms with E-state index in [0.717, 1.165) is 31.5 Å². The topological polar surface area (TPSA) is 58.4 Å². The maximum atomic E-state index is 12.9.